The van der Waals surface area contributed by atoms with Crippen molar-refractivity contribution >= 4 is 0 Å². The first-order chi connectivity index (χ1) is 7.18. The van der Waals surface area contributed by atoms with Crippen LogP contribution < -0.4 is 22.9 Å². The maximum atomic E-state index is 5.35. The number of hydrogen-bond donors (Lipinski definition) is 4. The lowest BCUT2D eigenvalue weighted by atomic mass is 10.1. The van der Waals surface area contributed by atoms with Crippen LogP contribution in [0.4, 0.5) is 0 Å². The summed E-state index contributed by atoms with van der Waals surface area (Å²) in [7, 11) is 0. The van der Waals surface area contributed by atoms with E-state index in [9.17, 15) is 0 Å². The smallest absolute Gasteiger partial charge is 0.0134 e. The molecule has 0 radical (unpaired) electrons. The summed E-state index contributed by atoms with van der Waals surface area (Å²) in [4.78, 5) is 0. The van der Waals surface area contributed by atoms with Gasteiger partial charge in [-0.25, -0.2) is 0 Å². The van der Waals surface area contributed by atoms with Crippen LogP contribution >= 0.6 is 0 Å². The highest BCUT2D eigenvalue weighted by molar-refractivity contribution is 4.48. The highest BCUT2D eigenvalue weighted by Crippen LogP contribution is 2.03. The second-order valence-corrected chi connectivity index (χ2v) is 3.91. The summed E-state index contributed by atoms with van der Waals surface area (Å²) < 4.78 is 0. The van der Waals surface area contributed by atoms with Crippen molar-refractivity contribution < 1.29 is 0 Å². The quantitative estimate of drug-likeness (QED) is 0.446. The highest BCUT2D eigenvalue weighted by atomic mass is 14.7. The zero-order valence-electron chi connectivity index (χ0n) is 10.3. The summed E-state index contributed by atoms with van der Waals surface area (Å²) >= 11 is 0. The SMILES string of the molecule is CC(N)CN.NCCCCCCCCN. The van der Waals surface area contributed by atoms with E-state index >= 15 is 0 Å². The van der Waals surface area contributed by atoms with Crippen molar-refractivity contribution in [2.75, 3.05) is 19.6 Å². The molecule has 4 nitrogen and oxygen atoms in total. The Bertz CT molecular complexity index is 88.6. The summed E-state index contributed by atoms with van der Waals surface area (Å²) in [6.07, 6.45) is 7.61. The third kappa shape index (κ3) is 24.8. The Balaban J connectivity index is 0. The van der Waals surface area contributed by atoms with E-state index < -0.39 is 0 Å². The van der Waals surface area contributed by atoms with E-state index in [4.69, 9.17) is 22.9 Å². The van der Waals surface area contributed by atoms with Crippen LogP contribution in [0.3, 0.4) is 0 Å². The number of hydrogen-bond acceptors (Lipinski definition) is 4. The van der Waals surface area contributed by atoms with Crippen LogP contribution in [0.15, 0.2) is 0 Å². The molecule has 0 aliphatic carbocycles. The average Bonchev–Trinajstić information content (AvgIpc) is 2.24. The minimum Gasteiger partial charge on any atom is -0.330 e. The van der Waals surface area contributed by atoms with Crippen molar-refractivity contribution in [2.45, 2.75) is 51.5 Å². The number of rotatable bonds is 8. The maximum absolute atomic E-state index is 5.35. The standard InChI is InChI=1S/C8H20N2.C3H10N2/c9-7-5-3-1-2-4-6-8-10;1-3(5)2-4/h1-10H2;3H,2,4-5H2,1H3. The van der Waals surface area contributed by atoms with Gasteiger partial charge in [-0.1, -0.05) is 25.7 Å². The van der Waals surface area contributed by atoms with Gasteiger partial charge in [-0.3, -0.25) is 0 Å². The molecule has 0 amide bonds. The summed E-state index contributed by atoms with van der Waals surface area (Å²) in [5.74, 6) is 0. The van der Waals surface area contributed by atoms with Gasteiger partial charge in [0.25, 0.3) is 0 Å². The van der Waals surface area contributed by atoms with Gasteiger partial charge in [-0.2, -0.15) is 0 Å². The molecular formula is C11H30N4. The second-order valence-electron chi connectivity index (χ2n) is 3.91. The van der Waals surface area contributed by atoms with Crippen molar-refractivity contribution in [3.05, 3.63) is 0 Å². The van der Waals surface area contributed by atoms with Gasteiger partial charge in [-0.05, 0) is 32.9 Å². The van der Waals surface area contributed by atoms with Crippen LogP contribution in [0.5, 0.6) is 0 Å². The predicted molar refractivity (Wildman–Crippen MR) is 68.5 cm³/mol. The minimum atomic E-state index is 0.162. The lowest BCUT2D eigenvalue weighted by Crippen LogP contribution is -2.25. The zero-order valence-corrected chi connectivity index (χ0v) is 10.3. The fraction of sp³-hybridized carbons (Fsp3) is 1.00. The molecule has 0 aliphatic heterocycles. The fourth-order valence-corrected chi connectivity index (χ4v) is 0.996. The molecule has 1 unspecified atom stereocenters. The Morgan fingerprint density at radius 2 is 1.00 bits per heavy atom. The van der Waals surface area contributed by atoms with Gasteiger partial charge in [0.15, 0.2) is 0 Å². The Labute approximate surface area is 94.8 Å². The molecule has 1 atom stereocenters. The molecule has 0 saturated heterocycles. The van der Waals surface area contributed by atoms with Gasteiger partial charge >= 0.3 is 0 Å². The topological polar surface area (TPSA) is 104 Å². The van der Waals surface area contributed by atoms with Crippen molar-refractivity contribution in [1.82, 2.24) is 0 Å². The van der Waals surface area contributed by atoms with Crippen molar-refractivity contribution in [3.63, 3.8) is 0 Å². The lowest BCUT2D eigenvalue weighted by molar-refractivity contribution is 0.601. The average molecular weight is 218 g/mol. The molecule has 15 heavy (non-hydrogen) atoms. The lowest BCUT2D eigenvalue weighted by Gasteiger charge is -1.97. The Hall–Kier alpha value is -0.160. The van der Waals surface area contributed by atoms with E-state index in [0.29, 0.717) is 6.54 Å². The monoisotopic (exact) mass is 218 g/mol. The molecule has 4 heteroatoms. The molecule has 94 valence electrons. The molecule has 0 saturated carbocycles. The molecular weight excluding hydrogens is 188 g/mol. The maximum Gasteiger partial charge on any atom is 0.0134 e. The molecule has 0 bridgehead atoms. The molecule has 0 aromatic carbocycles. The Morgan fingerprint density at radius 3 is 1.20 bits per heavy atom. The van der Waals surface area contributed by atoms with Crippen LogP contribution in [0.25, 0.3) is 0 Å². The van der Waals surface area contributed by atoms with Gasteiger partial charge in [0.1, 0.15) is 0 Å². The summed E-state index contributed by atoms with van der Waals surface area (Å²) in [6, 6.07) is 0.162. The number of nitrogens with two attached hydrogens (primary N) is 4. The van der Waals surface area contributed by atoms with Crippen LogP contribution in [0.2, 0.25) is 0 Å². The van der Waals surface area contributed by atoms with E-state index in [0.717, 1.165) is 13.1 Å². The first kappa shape index (κ1) is 17.2. The Morgan fingerprint density at radius 1 is 0.733 bits per heavy atom. The molecule has 0 rings (SSSR count). The molecule has 0 aromatic heterocycles. The van der Waals surface area contributed by atoms with Crippen LogP contribution in [-0.2, 0) is 0 Å². The summed E-state index contributed by atoms with van der Waals surface area (Å²) in [6.45, 7) is 4.15. The molecule has 0 aromatic rings. The van der Waals surface area contributed by atoms with E-state index in [2.05, 4.69) is 0 Å². The first-order valence-corrected chi connectivity index (χ1v) is 6.04. The zero-order chi connectivity index (χ0) is 11.9. The summed E-state index contributed by atoms with van der Waals surface area (Å²) in [5, 5.41) is 0. The van der Waals surface area contributed by atoms with E-state index in [1.807, 2.05) is 6.92 Å². The van der Waals surface area contributed by atoms with Gasteiger partial charge in [-0.15, -0.1) is 0 Å². The van der Waals surface area contributed by atoms with Crippen LogP contribution in [0.1, 0.15) is 45.4 Å². The Kier molecular flexibility index (Phi) is 18.7. The molecule has 0 aliphatic rings. The summed E-state index contributed by atoms with van der Waals surface area (Å²) in [5.41, 5.74) is 20.9. The van der Waals surface area contributed by atoms with Crippen LogP contribution in [-0.4, -0.2) is 25.7 Å². The van der Waals surface area contributed by atoms with Crippen molar-refractivity contribution in [2.24, 2.45) is 22.9 Å². The third-order valence-electron chi connectivity index (χ3n) is 2.03. The highest BCUT2D eigenvalue weighted by Gasteiger charge is 1.87. The number of unbranched alkanes of at least 4 members (excludes halogenated alkanes) is 5. The van der Waals surface area contributed by atoms with Gasteiger partial charge in [0, 0.05) is 12.6 Å². The van der Waals surface area contributed by atoms with Gasteiger partial charge in [0.05, 0.1) is 0 Å². The van der Waals surface area contributed by atoms with Crippen molar-refractivity contribution in [3.8, 4) is 0 Å². The largest absolute Gasteiger partial charge is 0.330 e. The molecule has 0 heterocycles. The van der Waals surface area contributed by atoms with Crippen molar-refractivity contribution in [1.29, 1.82) is 0 Å². The fourth-order valence-electron chi connectivity index (χ4n) is 0.996. The second kappa shape index (κ2) is 16.3. The molecule has 0 fully saturated rings. The van der Waals surface area contributed by atoms with E-state index in [1.165, 1.54) is 38.5 Å². The normalized spacial score (nSPS) is 11.8. The van der Waals surface area contributed by atoms with Gasteiger partial charge < -0.3 is 22.9 Å². The van der Waals surface area contributed by atoms with Crippen LogP contribution in [0, 0.1) is 0 Å². The minimum absolute atomic E-state index is 0.162. The predicted octanol–water partition coefficient (Wildman–Crippen LogP) is 0.537. The van der Waals surface area contributed by atoms with Gasteiger partial charge in [0.2, 0.25) is 0 Å². The van der Waals surface area contributed by atoms with E-state index in [1.54, 1.807) is 0 Å². The molecule has 8 N–H and O–H groups in total. The van der Waals surface area contributed by atoms with E-state index in [-0.39, 0.29) is 6.04 Å². The molecule has 0 spiro atoms. The third-order valence-corrected chi connectivity index (χ3v) is 2.03. The first-order valence-electron chi connectivity index (χ1n) is 6.04.